The number of carbonyl (C=O) groups excluding carboxylic acids is 1. The van der Waals surface area contributed by atoms with Crippen LogP contribution >= 0.6 is 0 Å². The lowest BCUT2D eigenvalue weighted by molar-refractivity contribution is 0.0734. The predicted molar refractivity (Wildman–Crippen MR) is 110 cm³/mol. The number of benzene rings is 2. The van der Waals surface area contributed by atoms with Crippen molar-refractivity contribution in [3.8, 4) is 11.5 Å². The summed E-state index contributed by atoms with van der Waals surface area (Å²) in [6.45, 7) is 4.56. The van der Waals surface area contributed by atoms with Crippen molar-refractivity contribution in [3.63, 3.8) is 0 Å². The van der Waals surface area contributed by atoms with Gasteiger partial charge in [-0.1, -0.05) is 0 Å². The lowest BCUT2D eigenvalue weighted by Crippen LogP contribution is -2.36. The standard InChI is InChI=1S/C21H26N2O5S/c1-14(2)22-29(25,26)18-7-5-15(6-8-18)21(24)23-10-9-16-11-19(27-3)20(28-4)12-17(16)13-23/h5-8,11-12,14,22H,9-10,13H2,1-4H3. The van der Waals surface area contributed by atoms with E-state index < -0.39 is 10.0 Å². The first-order valence-corrected chi connectivity index (χ1v) is 10.9. The molecule has 0 bridgehead atoms. The Morgan fingerprint density at radius 1 is 1.03 bits per heavy atom. The van der Waals surface area contributed by atoms with E-state index in [0.717, 1.165) is 11.1 Å². The third kappa shape index (κ3) is 4.54. The summed E-state index contributed by atoms with van der Waals surface area (Å²) in [4.78, 5) is 14.8. The molecular weight excluding hydrogens is 392 g/mol. The molecule has 0 fully saturated rings. The van der Waals surface area contributed by atoms with E-state index in [1.165, 1.54) is 12.1 Å². The topological polar surface area (TPSA) is 84.9 Å². The predicted octanol–water partition coefficient (Wildman–Crippen LogP) is 2.59. The molecule has 1 N–H and O–H groups in total. The Labute approximate surface area is 171 Å². The van der Waals surface area contributed by atoms with Gasteiger partial charge in [0.2, 0.25) is 10.0 Å². The summed E-state index contributed by atoms with van der Waals surface area (Å²) >= 11 is 0. The number of nitrogens with one attached hydrogen (secondary N) is 1. The van der Waals surface area contributed by atoms with Crippen molar-refractivity contribution in [2.45, 2.75) is 37.8 Å². The summed E-state index contributed by atoms with van der Waals surface area (Å²) in [5.74, 6) is 1.18. The van der Waals surface area contributed by atoms with Crippen LogP contribution in [0.4, 0.5) is 0 Å². The van der Waals surface area contributed by atoms with Crippen molar-refractivity contribution in [1.29, 1.82) is 0 Å². The largest absolute Gasteiger partial charge is 0.493 e. The zero-order valence-electron chi connectivity index (χ0n) is 17.1. The molecule has 2 aromatic rings. The third-order valence-electron chi connectivity index (χ3n) is 4.81. The van der Waals surface area contributed by atoms with E-state index >= 15 is 0 Å². The van der Waals surface area contributed by atoms with Crippen LogP contribution in [0.5, 0.6) is 11.5 Å². The number of rotatable bonds is 6. The number of hydrogen-bond acceptors (Lipinski definition) is 5. The molecule has 0 unspecified atom stereocenters. The average Bonchev–Trinajstić information content (AvgIpc) is 2.70. The molecule has 3 rings (SSSR count). The van der Waals surface area contributed by atoms with Crippen molar-refractivity contribution in [3.05, 3.63) is 53.1 Å². The molecule has 29 heavy (non-hydrogen) atoms. The molecule has 1 aliphatic rings. The third-order valence-corrected chi connectivity index (χ3v) is 6.48. The smallest absolute Gasteiger partial charge is 0.254 e. The van der Waals surface area contributed by atoms with Crippen molar-refractivity contribution in [2.75, 3.05) is 20.8 Å². The van der Waals surface area contributed by atoms with Crippen LogP contribution in [-0.2, 0) is 23.0 Å². The van der Waals surface area contributed by atoms with Crippen LogP contribution in [0.3, 0.4) is 0 Å². The Kier molecular flexibility index (Phi) is 6.14. The lowest BCUT2D eigenvalue weighted by Gasteiger charge is -2.29. The molecule has 0 atom stereocenters. The number of ether oxygens (including phenoxy) is 2. The second-order valence-electron chi connectivity index (χ2n) is 7.25. The number of nitrogens with zero attached hydrogens (tertiary/aromatic N) is 1. The van der Waals surface area contributed by atoms with Gasteiger partial charge >= 0.3 is 0 Å². The molecule has 2 aromatic carbocycles. The van der Waals surface area contributed by atoms with Gasteiger partial charge in [0.15, 0.2) is 11.5 Å². The molecule has 1 amide bonds. The van der Waals surface area contributed by atoms with Crippen LogP contribution < -0.4 is 14.2 Å². The highest BCUT2D eigenvalue weighted by Gasteiger charge is 2.24. The summed E-state index contributed by atoms with van der Waals surface area (Å²) in [5, 5.41) is 0. The molecule has 0 aliphatic carbocycles. The maximum absolute atomic E-state index is 12.9. The van der Waals surface area contributed by atoms with Gasteiger partial charge < -0.3 is 14.4 Å². The van der Waals surface area contributed by atoms with Crippen LogP contribution in [0.15, 0.2) is 41.3 Å². The molecule has 7 nitrogen and oxygen atoms in total. The van der Waals surface area contributed by atoms with E-state index in [9.17, 15) is 13.2 Å². The minimum Gasteiger partial charge on any atom is -0.493 e. The molecule has 0 saturated carbocycles. The molecular formula is C21H26N2O5S. The van der Waals surface area contributed by atoms with Gasteiger partial charge in [-0.05, 0) is 67.8 Å². The summed E-state index contributed by atoms with van der Waals surface area (Å²) < 4.78 is 37.7. The first-order chi connectivity index (χ1) is 13.7. The van der Waals surface area contributed by atoms with Gasteiger partial charge in [0.05, 0.1) is 19.1 Å². The first kappa shape index (κ1) is 21.1. The highest BCUT2D eigenvalue weighted by atomic mass is 32.2. The zero-order chi connectivity index (χ0) is 21.2. The second-order valence-corrected chi connectivity index (χ2v) is 8.97. The van der Waals surface area contributed by atoms with Crippen LogP contribution in [0.1, 0.15) is 35.3 Å². The first-order valence-electron chi connectivity index (χ1n) is 9.40. The maximum atomic E-state index is 12.9. The van der Waals surface area contributed by atoms with E-state index in [1.54, 1.807) is 45.1 Å². The molecule has 1 heterocycles. The normalized spacial score (nSPS) is 13.9. The van der Waals surface area contributed by atoms with Gasteiger partial charge in [-0.25, -0.2) is 13.1 Å². The van der Waals surface area contributed by atoms with Crippen molar-refractivity contribution >= 4 is 15.9 Å². The summed E-state index contributed by atoms with van der Waals surface area (Å²) in [5.41, 5.74) is 2.60. The number of carbonyl (C=O) groups is 1. The summed E-state index contributed by atoms with van der Waals surface area (Å²) in [6.07, 6.45) is 0.714. The van der Waals surface area contributed by atoms with E-state index in [1.807, 2.05) is 12.1 Å². The molecule has 0 radical (unpaired) electrons. The highest BCUT2D eigenvalue weighted by molar-refractivity contribution is 7.89. The quantitative estimate of drug-likeness (QED) is 0.779. The average molecular weight is 419 g/mol. The second kappa shape index (κ2) is 8.42. The zero-order valence-corrected chi connectivity index (χ0v) is 17.9. The fraction of sp³-hybridized carbons (Fsp3) is 0.381. The van der Waals surface area contributed by atoms with Crippen LogP contribution in [0, 0.1) is 0 Å². The SMILES string of the molecule is COc1cc2c(cc1OC)CN(C(=O)c1ccc(S(=O)(=O)NC(C)C)cc1)CC2. The van der Waals surface area contributed by atoms with E-state index in [0.29, 0.717) is 36.6 Å². The van der Waals surface area contributed by atoms with Gasteiger partial charge in [0.25, 0.3) is 5.91 Å². The fourth-order valence-corrected chi connectivity index (χ4v) is 4.65. The molecule has 0 saturated heterocycles. The summed E-state index contributed by atoms with van der Waals surface area (Å²) in [6, 6.07) is 9.69. The Hall–Kier alpha value is -2.58. The summed E-state index contributed by atoms with van der Waals surface area (Å²) in [7, 11) is -0.398. The van der Waals surface area contributed by atoms with Gasteiger partial charge in [-0.2, -0.15) is 0 Å². The fourth-order valence-electron chi connectivity index (χ4n) is 3.39. The molecule has 0 aromatic heterocycles. The Morgan fingerprint density at radius 2 is 1.62 bits per heavy atom. The lowest BCUT2D eigenvalue weighted by atomic mass is 9.98. The minimum atomic E-state index is -3.58. The van der Waals surface area contributed by atoms with Crippen molar-refractivity contribution in [1.82, 2.24) is 9.62 Å². The van der Waals surface area contributed by atoms with Gasteiger partial charge in [-0.15, -0.1) is 0 Å². The van der Waals surface area contributed by atoms with E-state index in [2.05, 4.69) is 4.72 Å². The number of amides is 1. The van der Waals surface area contributed by atoms with Gasteiger partial charge in [0, 0.05) is 24.7 Å². The van der Waals surface area contributed by atoms with Crippen LogP contribution in [-0.4, -0.2) is 46.0 Å². The van der Waals surface area contributed by atoms with Crippen molar-refractivity contribution in [2.24, 2.45) is 0 Å². The van der Waals surface area contributed by atoms with Crippen LogP contribution in [0.25, 0.3) is 0 Å². The maximum Gasteiger partial charge on any atom is 0.254 e. The minimum absolute atomic E-state index is 0.133. The van der Waals surface area contributed by atoms with Crippen LogP contribution in [0.2, 0.25) is 0 Å². The molecule has 0 spiro atoms. The molecule has 8 heteroatoms. The van der Waals surface area contributed by atoms with E-state index in [-0.39, 0.29) is 16.8 Å². The Bertz CT molecular complexity index is 1000. The molecule has 156 valence electrons. The highest BCUT2D eigenvalue weighted by Crippen LogP contribution is 2.33. The Morgan fingerprint density at radius 3 is 2.17 bits per heavy atom. The van der Waals surface area contributed by atoms with Crippen molar-refractivity contribution < 1.29 is 22.7 Å². The Balaban J connectivity index is 1.78. The van der Waals surface area contributed by atoms with Gasteiger partial charge in [-0.3, -0.25) is 4.79 Å². The van der Waals surface area contributed by atoms with E-state index in [4.69, 9.17) is 9.47 Å². The number of methoxy groups -OCH3 is 2. The number of hydrogen-bond donors (Lipinski definition) is 1. The van der Waals surface area contributed by atoms with Gasteiger partial charge in [0.1, 0.15) is 0 Å². The number of sulfonamides is 1. The number of fused-ring (bicyclic) bond motifs is 1. The molecule has 1 aliphatic heterocycles. The monoisotopic (exact) mass is 418 g/mol.